The second-order valence-corrected chi connectivity index (χ2v) is 4.65. The van der Waals surface area contributed by atoms with Crippen LogP contribution in [0.4, 0.5) is 0 Å². The minimum absolute atomic E-state index is 0.641. The summed E-state index contributed by atoms with van der Waals surface area (Å²) in [4.78, 5) is 7.66. The van der Waals surface area contributed by atoms with Gasteiger partial charge < -0.3 is 0 Å². The van der Waals surface area contributed by atoms with Crippen molar-refractivity contribution in [3.63, 3.8) is 0 Å². The fraction of sp³-hybridized carbons (Fsp3) is 0.667. The smallest absolute Gasteiger partial charge is 0.183 e. The van der Waals surface area contributed by atoms with E-state index in [0.717, 1.165) is 19.6 Å². The van der Waals surface area contributed by atoms with E-state index in [9.17, 15) is 0 Å². The van der Waals surface area contributed by atoms with Crippen LogP contribution in [0.25, 0.3) is 0 Å². The zero-order valence-electron chi connectivity index (χ0n) is 8.09. The first-order chi connectivity index (χ1) is 6.26. The topological polar surface area (TPSA) is 16.1 Å². The second-order valence-electron chi connectivity index (χ2n) is 2.95. The number of hydrogen-bond acceptors (Lipinski definition) is 3. The highest BCUT2D eigenvalue weighted by molar-refractivity contribution is 7.15. The van der Waals surface area contributed by atoms with Crippen LogP contribution in [0, 0.1) is 0 Å². The lowest BCUT2D eigenvalue weighted by Gasteiger charge is -2.17. The fourth-order valence-electron chi connectivity index (χ4n) is 1.24. The zero-order valence-corrected chi connectivity index (χ0v) is 9.66. The molecule has 0 aliphatic carbocycles. The van der Waals surface area contributed by atoms with Crippen molar-refractivity contribution in [3.05, 3.63) is 15.5 Å². The van der Waals surface area contributed by atoms with Crippen LogP contribution in [0.3, 0.4) is 0 Å². The van der Waals surface area contributed by atoms with Crippen LogP contribution in [-0.2, 0) is 6.54 Å². The average molecular weight is 219 g/mol. The number of halogens is 1. The fourth-order valence-corrected chi connectivity index (χ4v) is 2.26. The molecule has 0 bridgehead atoms. The molecule has 0 aliphatic heterocycles. The Labute approximate surface area is 88.5 Å². The van der Waals surface area contributed by atoms with Crippen molar-refractivity contribution >= 4 is 22.9 Å². The van der Waals surface area contributed by atoms with Gasteiger partial charge in [0.15, 0.2) is 4.47 Å². The summed E-state index contributed by atoms with van der Waals surface area (Å²) in [6.45, 7) is 7.59. The highest BCUT2D eigenvalue weighted by atomic mass is 35.5. The largest absolute Gasteiger partial charge is 0.298 e. The summed E-state index contributed by atoms with van der Waals surface area (Å²) in [5, 5.41) is 0. The maximum atomic E-state index is 5.75. The van der Waals surface area contributed by atoms with Crippen LogP contribution >= 0.6 is 22.9 Å². The molecule has 0 N–H and O–H groups in total. The van der Waals surface area contributed by atoms with Gasteiger partial charge in [-0.25, -0.2) is 4.98 Å². The Kier molecular flexibility index (Phi) is 4.70. The maximum Gasteiger partial charge on any atom is 0.183 e. The first-order valence-corrected chi connectivity index (χ1v) is 5.78. The van der Waals surface area contributed by atoms with Crippen molar-refractivity contribution in [2.45, 2.75) is 26.8 Å². The highest BCUT2D eigenvalue weighted by Crippen LogP contribution is 2.19. The van der Waals surface area contributed by atoms with Gasteiger partial charge in [-0.15, -0.1) is 11.3 Å². The molecular formula is C9H15ClN2S. The van der Waals surface area contributed by atoms with E-state index in [-0.39, 0.29) is 0 Å². The Morgan fingerprint density at radius 1 is 1.54 bits per heavy atom. The van der Waals surface area contributed by atoms with Gasteiger partial charge in [-0.1, -0.05) is 25.4 Å². The quantitative estimate of drug-likeness (QED) is 0.756. The predicted octanol–water partition coefficient (Wildman–Crippen LogP) is 3.03. The van der Waals surface area contributed by atoms with Crippen LogP contribution in [0.1, 0.15) is 25.1 Å². The van der Waals surface area contributed by atoms with E-state index >= 15 is 0 Å². The second kappa shape index (κ2) is 5.58. The molecule has 0 amide bonds. The molecule has 74 valence electrons. The summed E-state index contributed by atoms with van der Waals surface area (Å²) in [6.07, 6.45) is 3.06. The van der Waals surface area contributed by atoms with Gasteiger partial charge in [0, 0.05) is 17.6 Å². The van der Waals surface area contributed by atoms with Gasteiger partial charge in [0.2, 0.25) is 0 Å². The van der Waals surface area contributed by atoms with Gasteiger partial charge in [0.1, 0.15) is 0 Å². The Balaban J connectivity index is 2.46. The molecular weight excluding hydrogens is 204 g/mol. The molecule has 2 nitrogen and oxygen atoms in total. The van der Waals surface area contributed by atoms with Crippen molar-refractivity contribution in [2.75, 3.05) is 13.1 Å². The Bertz CT molecular complexity index is 250. The van der Waals surface area contributed by atoms with Crippen molar-refractivity contribution < 1.29 is 0 Å². The summed E-state index contributed by atoms with van der Waals surface area (Å²) in [6, 6.07) is 0. The molecule has 0 radical (unpaired) electrons. The summed E-state index contributed by atoms with van der Waals surface area (Å²) in [7, 11) is 0. The van der Waals surface area contributed by atoms with Gasteiger partial charge in [-0.05, 0) is 19.5 Å². The van der Waals surface area contributed by atoms with Gasteiger partial charge in [0.25, 0.3) is 0 Å². The molecule has 4 heteroatoms. The number of hydrogen-bond donors (Lipinski definition) is 0. The van der Waals surface area contributed by atoms with Crippen LogP contribution in [0.15, 0.2) is 6.20 Å². The molecule has 0 saturated heterocycles. The molecule has 1 heterocycles. The van der Waals surface area contributed by atoms with Gasteiger partial charge in [-0.3, -0.25) is 4.90 Å². The zero-order chi connectivity index (χ0) is 9.68. The Hall–Kier alpha value is -0.120. The number of nitrogens with zero attached hydrogens (tertiary/aromatic N) is 2. The number of thiazole rings is 1. The van der Waals surface area contributed by atoms with E-state index in [4.69, 9.17) is 11.6 Å². The minimum Gasteiger partial charge on any atom is -0.298 e. The van der Waals surface area contributed by atoms with E-state index in [1.165, 1.54) is 11.3 Å². The summed E-state index contributed by atoms with van der Waals surface area (Å²) in [5.41, 5.74) is 0. The van der Waals surface area contributed by atoms with E-state index < -0.39 is 0 Å². The van der Waals surface area contributed by atoms with Crippen LogP contribution in [0.5, 0.6) is 0 Å². The first kappa shape index (κ1) is 11.0. The molecule has 1 rings (SSSR count). The van der Waals surface area contributed by atoms with E-state index in [0.29, 0.717) is 4.47 Å². The first-order valence-electron chi connectivity index (χ1n) is 4.58. The maximum absolute atomic E-state index is 5.75. The molecule has 0 atom stereocenters. The highest BCUT2D eigenvalue weighted by Gasteiger charge is 2.04. The number of aromatic nitrogens is 1. The van der Waals surface area contributed by atoms with Crippen molar-refractivity contribution in [1.82, 2.24) is 9.88 Å². The molecule has 0 saturated carbocycles. The molecule has 0 fully saturated rings. The third-order valence-electron chi connectivity index (χ3n) is 1.89. The van der Waals surface area contributed by atoms with Gasteiger partial charge in [-0.2, -0.15) is 0 Å². The normalized spacial score (nSPS) is 11.1. The third-order valence-corrected chi connectivity index (χ3v) is 2.99. The molecule has 0 spiro atoms. The van der Waals surface area contributed by atoms with E-state index in [1.54, 1.807) is 11.3 Å². The molecule has 0 aliphatic rings. The monoisotopic (exact) mass is 218 g/mol. The van der Waals surface area contributed by atoms with Crippen molar-refractivity contribution in [1.29, 1.82) is 0 Å². The molecule has 0 aromatic carbocycles. The van der Waals surface area contributed by atoms with Gasteiger partial charge in [0.05, 0.1) is 0 Å². The van der Waals surface area contributed by atoms with Crippen LogP contribution in [-0.4, -0.2) is 23.0 Å². The third kappa shape index (κ3) is 3.63. The SMILES string of the molecule is CCCN(CC)Cc1cnc(Cl)s1. The summed E-state index contributed by atoms with van der Waals surface area (Å²) in [5.74, 6) is 0. The number of rotatable bonds is 5. The predicted molar refractivity (Wildman–Crippen MR) is 58.4 cm³/mol. The van der Waals surface area contributed by atoms with Gasteiger partial charge >= 0.3 is 0 Å². The lowest BCUT2D eigenvalue weighted by atomic mass is 10.4. The van der Waals surface area contributed by atoms with Crippen molar-refractivity contribution in [2.24, 2.45) is 0 Å². The Morgan fingerprint density at radius 2 is 2.31 bits per heavy atom. The molecule has 13 heavy (non-hydrogen) atoms. The Morgan fingerprint density at radius 3 is 2.77 bits per heavy atom. The molecule has 0 unspecified atom stereocenters. The average Bonchev–Trinajstić information content (AvgIpc) is 2.50. The molecule has 1 aromatic heterocycles. The lowest BCUT2D eigenvalue weighted by Crippen LogP contribution is -2.22. The van der Waals surface area contributed by atoms with Crippen molar-refractivity contribution in [3.8, 4) is 0 Å². The van der Waals surface area contributed by atoms with E-state index in [2.05, 4.69) is 23.7 Å². The minimum atomic E-state index is 0.641. The molecule has 1 aromatic rings. The summed E-state index contributed by atoms with van der Waals surface area (Å²) < 4.78 is 0.641. The lowest BCUT2D eigenvalue weighted by molar-refractivity contribution is 0.283. The summed E-state index contributed by atoms with van der Waals surface area (Å²) >= 11 is 7.32. The van der Waals surface area contributed by atoms with E-state index in [1.807, 2.05) is 6.20 Å². The van der Waals surface area contributed by atoms with Crippen LogP contribution in [0.2, 0.25) is 4.47 Å². The standard InChI is InChI=1S/C9H15ClN2S/c1-3-5-12(4-2)7-8-6-11-9(10)13-8/h6H,3-5,7H2,1-2H3. The van der Waals surface area contributed by atoms with Crippen LogP contribution < -0.4 is 0 Å².